The molecule has 1 fully saturated rings. The van der Waals surface area contributed by atoms with E-state index < -0.39 is 0 Å². The molecule has 0 radical (unpaired) electrons. The molecule has 0 saturated carbocycles. The molecule has 1 aliphatic rings. The van der Waals surface area contributed by atoms with E-state index in [1.165, 1.54) is 0 Å². The van der Waals surface area contributed by atoms with Gasteiger partial charge in [-0.25, -0.2) is 0 Å². The van der Waals surface area contributed by atoms with E-state index in [0.717, 1.165) is 12.8 Å². The summed E-state index contributed by atoms with van der Waals surface area (Å²) >= 11 is 0. The van der Waals surface area contributed by atoms with Crippen LogP contribution in [0.4, 0.5) is 0 Å². The van der Waals surface area contributed by atoms with Gasteiger partial charge in [-0.3, -0.25) is 0 Å². The molecule has 0 aromatic heterocycles. The molecular formula is C11H24ClNO. The highest BCUT2D eigenvalue weighted by Gasteiger charge is 2.40. The highest BCUT2D eigenvalue weighted by atomic mass is 35.5. The minimum absolute atomic E-state index is 0. The molecule has 14 heavy (non-hydrogen) atoms. The van der Waals surface area contributed by atoms with Gasteiger partial charge in [0.2, 0.25) is 0 Å². The van der Waals surface area contributed by atoms with Crippen LogP contribution in [0, 0.1) is 5.92 Å². The van der Waals surface area contributed by atoms with Gasteiger partial charge in [0, 0.05) is 6.04 Å². The van der Waals surface area contributed by atoms with Gasteiger partial charge in [-0.1, -0.05) is 0 Å². The maximum atomic E-state index is 5.99. The normalized spacial score (nSPS) is 27.9. The molecule has 1 saturated heterocycles. The van der Waals surface area contributed by atoms with Crippen LogP contribution in [0.15, 0.2) is 0 Å². The molecule has 0 amide bonds. The number of hydrogen-bond acceptors (Lipinski definition) is 2. The number of rotatable bonds is 1. The molecule has 1 unspecified atom stereocenters. The van der Waals surface area contributed by atoms with Crippen molar-refractivity contribution in [2.75, 3.05) is 0 Å². The zero-order valence-corrected chi connectivity index (χ0v) is 10.8. The predicted molar refractivity (Wildman–Crippen MR) is 62.9 cm³/mol. The molecule has 1 aliphatic heterocycles. The van der Waals surface area contributed by atoms with Gasteiger partial charge in [0.1, 0.15) is 0 Å². The monoisotopic (exact) mass is 221 g/mol. The molecule has 86 valence electrons. The summed E-state index contributed by atoms with van der Waals surface area (Å²) in [4.78, 5) is 0. The van der Waals surface area contributed by atoms with Crippen molar-refractivity contribution >= 4 is 12.4 Å². The second kappa shape index (κ2) is 4.38. The van der Waals surface area contributed by atoms with Crippen molar-refractivity contribution in [3.05, 3.63) is 0 Å². The van der Waals surface area contributed by atoms with E-state index in [1.807, 2.05) is 0 Å². The highest BCUT2D eigenvalue weighted by Crippen LogP contribution is 2.39. The molecule has 0 aromatic rings. The molecule has 0 aliphatic carbocycles. The zero-order valence-electron chi connectivity index (χ0n) is 9.96. The first-order valence-corrected chi connectivity index (χ1v) is 5.18. The summed E-state index contributed by atoms with van der Waals surface area (Å²) in [6, 6.07) is 0.280. The molecule has 3 heteroatoms. The Morgan fingerprint density at radius 3 is 1.79 bits per heavy atom. The smallest absolute Gasteiger partial charge is 0.0637 e. The van der Waals surface area contributed by atoms with Crippen LogP contribution >= 0.6 is 12.4 Å². The average molecular weight is 222 g/mol. The van der Waals surface area contributed by atoms with E-state index in [2.05, 4.69) is 34.6 Å². The Balaban J connectivity index is 0.00000169. The van der Waals surface area contributed by atoms with E-state index in [1.54, 1.807) is 0 Å². The van der Waals surface area contributed by atoms with Crippen LogP contribution in [0.2, 0.25) is 0 Å². The molecule has 1 atom stereocenters. The van der Waals surface area contributed by atoms with Crippen molar-refractivity contribution in [3.8, 4) is 0 Å². The van der Waals surface area contributed by atoms with Crippen LogP contribution < -0.4 is 5.73 Å². The summed E-state index contributed by atoms with van der Waals surface area (Å²) < 4.78 is 5.99. The van der Waals surface area contributed by atoms with Gasteiger partial charge in [-0.15, -0.1) is 12.4 Å². The van der Waals surface area contributed by atoms with Gasteiger partial charge in [-0.2, -0.15) is 0 Å². The summed E-state index contributed by atoms with van der Waals surface area (Å²) in [6.45, 7) is 10.7. The summed E-state index contributed by atoms with van der Waals surface area (Å²) in [5.74, 6) is 0.596. The van der Waals surface area contributed by atoms with Crippen molar-refractivity contribution < 1.29 is 4.74 Å². The fourth-order valence-electron chi connectivity index (χ4n) is 2.54. The van der Waals surface area contributed by atoms with Crippen LogP contribution in [-0.2, 0) is 4.74 Å². The van der Waals surface area contributed by atoms with Gasteiger partial charge >= 0.3 is 0 Å². The second-order valence-electron chi connectivity index (χ2n) is 5.65. The number of hydrogen-bond donors (Lipinski definition) is 1. The first-order chi connectivity index (χ1) is 5.72. The van der Waals surface area contributed by atoms with Crippen molar-refractivity contribution in [2.45, 2.75) is 64.7 Å². The molecule has 1 heterocycles. The Morgan fingerprint density at radius 2 is 1.50 bits per heavy atom. The molecule has 0 spiro atoms. The third-order valence-corrected chi connectivity index (χ3v) is 2.80. The van der Waals surface area contributed by atoms with Crippen LogP contribution in [0.25, 0.3) is 0 Å². The summed E-state index contributed by atoms with van der Waals surface area (Å²) in [6.07, 6.45) is 2.15. The zero-order chi connectivity index (χ0) is 10.3. The lowest BCUT2D eigenvalue weighted by atomic mass is 9.78. The van der Waals surface area contributed by atoms with E-state index in [0.29, 0.717) is 5.92 Å². The van der Waals surface area contributed by atoms with Crippen LogP contribution in [0.1, 0.15) is 47.5 Å². The summed E-state index contributed by atoms with van der Waals surface area (Å²) in [7, 11) is 0. The Kier molecular flexibility index (Phi) is 4.44. The van der Waals surface area contributed by atoms with Crippen molar-refractivity contribution in [2.24, 2.45) is 11.7 Å². The second-order valence-corrected chi connectivity index (χ2v) is 5.65. The SMILES string of the molecule is CC(N)C1CC(C)(C)OC(C)(C)C1.Cl. The maximum absolute atomic E-state index is 5.99. The van der Waals surface area contributed by atoms with E-state index >= 15 is 0 Å². The van der Waals surface area contributed by atoms with Gasteiger partial charge in [0.05, 0.1) is 11.2 Å². The Bertz CT molecular complexity index is 174. The van der Waals surface area contributed by atoms with E-state index in [-0.39, 0.29) is 29.7 Å². The minimum atomic E-state index is -0.0138. The predicted octanol–water partition coefficient (Wildman–Crippen LogP) is 2.74. The standard InChI is InChI=1S/C11H23NO.ClH/c1-8(12)9-6-10(2,3)13-11(4,5)7-9;/h8-9H,6-7,12H2,1-5H3;1H. The quantitative estimate of drug-likeness (QED) is 0.739. The first kappa shape index (κ1) is 14.2. The van der Waals surface area contributed by atoms with E-state index in [9.17, 15) is 0 Å². The fraction of sp³-hybridized carbons (Fsp3) is 1.00. The molecule has 0 aromatic carbocycles. The number of ether oxygens (including phenoxy) is 1. The molecule has 2 nitrogen and oxygen atoms in total. The molecular weight excluding hydrogens is 198 g/mol. The van der Waals surface area contributed by atoms with Gasteiger partial charge < -0.3 is 10.5 Å². The lowest BCUT2D eigenvalue weighted by molar-refractivity contribution is -0.174. The third-order valence-electron chi connectivity index (χ3n) is 2.80. The largest absolute Gasteiger partial charge is 0.370 e. The number of halogens is 1. The highest BCUT2D eigenvalue weighted by molar-refractivity contribution is 5.85. The van der Waals surface area contributed by atoms with Crippen molar-refractivity contribution in [1.82, 2.24) is 0 Å². The van der Waals surface area contributed by atoms with Crippen LogP contribution in [0.5, 0.6) is 0 Å². The van der Waals surface area contributed by atoms with Gasteiger partial charge in [0.25, 0.3) is 0 Å². The first-order valence-electron chi connectivity index (χ1n) is 5.18. The third kappa shape index (κ3) is 3.76. The Hall–Kier alpha value is 0.210. The lowest BCUT2D eigenvalue weighted by Gasteiger charge is -2.46. The summed E-state index contributed by atoms with van der Waals surface area (Å²) in [5, 5.41) is 0. The minimum Gasteiger partial charge on any atom is -0.370 e. The molecule has 0 bridgehead atoms. The van der Waals surface area contributed by atoms with Crippen molar-refractivity contribution in [3.63, 3.8) is 0 Å². The van der Waals surface area contributed by atoms with E-state index in [4.69, 9.17) is 10.5 Å². The topological polar surface area (TPSA) is 35.2 Å². The van der Waals surface area contributed by atoms with Gasteiger partial charge in [-0.05, 0) is 53.4 Å². The number of nitrogens with two attached hydrogens (primary N) is 1. The molecule has 2 N–H and O–H groups in total. The fourth-order valence-corrected chi connectivity index (χ4v) is 2.54. The average Bonchev–Trinajstić information content (AvgIpc) is 1.79. The Morgan fingerprint density at radius 1 is 1.14 bits per heavy atom. The van der Waals surface area contributed by atoms with Crippen LogP contribution in [-0.4, -0.2) is 17.2 Å². The lowest BCUT2D eigenvalue weighted by Crippen LogP contribution is -2.49. The Labute approximate surface area is 94.0 Å². The van der Waals surface area contributed by atoms with Crippen LogP contribution in [0.3, 0.4) is 0 Å². The maximum Gasteiger partial charge on any atom is 0.0637 e. The van der Waals surface area contributed by atoms with Crippen molar-refractivity contribution in [1.29, 1.82) is 0 Å². The van der Waals surface area contributed by atoms with Gasteiger partial charge in [0.15, 0.2) is 0 Å². The summed E-state index contributed by atoms with van der Waals surface area (Å²) in [5.41, 5.74) is 5.93. The molecule has 1 rings (SSSR count).